The highest BCUT2D eigenvalue weighted by Gasteiger charge is 2.13. The van der Waals surface area contributed by atoms with Crippen LogP contribution in [0.25, 0.3) is 10.8 Å². The Morgan fingerprint density at radius 1 is 1.10 bits per heavy atom. The number of methoxy groups -OCH3 is 1. The van der Waals surface area contributed by atoms with Gasteiger partial charge in [0.1, 0.15) is 10.8 Å². The molecule has 102 valence electrons. The summed E-state index contributed by atoms with van der Waals surface area (Å²) in [4.78, 5) is 0. The zero-order chi connectivity index (χ0) is 14.1. The minimum absolute atomic E-state index is 0.191. The van der Waals surface area contributed by atoms with Crippen molar-refractivity contribution in [1.29, 1.82) is 0 Å². The van der Waals surface area contributed by atoms with E-state index in [0.29, 0.717) is 5.13 Å². The van der Waals surface area contributed by atoms with E-state index in [4.69, 9.17) is 10.5 Å². The molecule has 0 aliphatic carbocycles. The van der Waals surface area contributed by atoms with Crippen molar-refractivity contribution in [2.75, 3.05) is 12.8 Å². The number of ether oxygens (including phenoxy) is 1. The first-order valence-electron chi connectivity index (χ1n) is 6.34. The molecule has 3 aromatic rings. The van der Waals surface area contributed by atoms with Crippen molar-refractivity contribution >= 4 is 27.2 Å². The van der Waals surface area contributed by atoms with Crippen molar-refractivity contribution in [2.45, 2.75) is 12.8 Å². The van der Waals surface area contributed by atoms with Crippen molar-refractivity contribution < 1.29 is 4.74 Å². The van der Waals surface area contributed by atoms with Crippen LogP contribution < -0.4 is 10.5 Å². The molecule has 1 atom stereocenters. The smallest absolute Gasteiger partial charge is 0.203 e. The van der Waals surface area contributed by atoms with Crippen LogP contribution in [-0.4, -0.2) is 17.3 Å². The van der Waals surface area contributed by atoms with Crippen LogP contribution in [0.4, 0.5) is 5.13 Å². The molecule has 4 nitrogen and oxygen atoms in total. The fourth-order valence-corrected chi connectivity index (χ4v) is 2.89. The Kier molecular flexibility index (Phi) is 3.28. The fourth-order valence-electron chi connectivity index (χ4n) is 2.20. The highest BCUT2D eigenvalue weighted by Crippen LogP contribution is 2.30. The second-order valence-electron chi connectivity index (χ2n) is 4.67. The monoisotopic (exact) mass is 285 g/mol. The van der Waals surface area contributed by atoms with E-state index in [1.807, 2.05) is 12.1 Å². The van der Waals surface area contributed by atoms with Gasteiger partial charge in [-0.25, -0.2) is 0 Å². The van der Waals surface area contributed by atoms with Crippen molar-refractivity contribution in [3.63, 3.8) is 0 Å². The van der Waals surface area contributed by atoms with Gasteiger partial charge in [-0.2, -0.15) is 0 Å². The maximum atomic E-state index is 5.65. The molecule has 2 aromatic carbocycles. The zero-order valence-electron chi connectivity index (χ0n) is 11.3. The van der Waals surface area contributed by atoms with Gasteiger partial charge in [0.15, 0.2) is 0 Å². The lowest BCUT2D eigenvalue weighted by atomic mass is 9.98. The van der Waals surface area contributed by atoms with E-state index in [1.54, 1.807) is 7.11 Å². The number of hydrogen-bond acceptors (Lipinski definition) is 5. The number of hydrogen-bond donors (Lipinski definition) is 1. The average molecular weight is 285 g/mol. The summed E-state index contributed by atoms with van der Waals surface area (Å²) < 4.78 is 5.24. The number of nitrogens with zero attached hydrogens (tertiary/aromatic N) is 2. The fraction of sp³-hybridized carbons (Fsp3) is 0.200. The summed E-state index contributed by atoms with van der Waals surface area (Å²) in [5.41, 5.74) is 6.86. The first-order valence-corrected chi connectivity index (χ1v) is 7.15. The Morgan fingerprint density at radius 3 is 2.55 bits per heavy atom. The van der Waals surface area contributed by atoms with Gasteiger partial charge >= 0.3 is 0 Å². The summed E-state index contributed by atoms with van der Waals surface area (Å²) in [5.74, 6) is 1.06. The van der Waals surface area contributed by atoms with Crippen LogP contribution in [0.1, 0.15) is 23.4 Å². The molecule has 5 heteroatoms. The van der Waals surface area contributed by atoms with Gasteiger partial charge in [0.05, 0.1) is 7.11 Å². The third-order valence-electron chi connectivity index (χ3n) is 3.40. The molecular weight excluding hydrogens is 270 g/mol. The Hall–Kier alpha value is -2.14. The number of rotatable bonds is 3. The molecule has 3 rings (SSSR count). The molecule has 1 unspecified atom stereocenters. The number of fused-ring (bicyclic) bond motifs is 1. The van der Waals surface area contributed by atoms with Gasteiger partial charge in [0.25, 0.3) is 0 Å². The largest absolute Gasteiger partial charge is 0.497 e. The normalized spacial score (nSPS) is 12.5. The third kappa shape index (κ3) is 2.32. The van der Waals surface area contributed by atoms with E-state index in [1.165, 1.54) is 22.3 Å². The molecule has 0 radical (unpaired) electrons. The summed E-state index contributed by atoms with van der Waals surface area (Å²) in [6.45, 7) is 2.12. The van der Waals surface area contributed by atoms with Gasteiger partial charge in [-0.1, -0.05) is 42.5 Å². The Morgan fingerprint density at radius 2 is 1.85 bits per heavy atom. The summed E-state index contributed by atoms with van der Waals surface area (Å²) >= 11 is 1.44. The summed E-state index contributed by atoms with van der Waals surface area (Å²) in [6, 6.07) is 12.5. The van der Waals surface area contributed by atoms with Gasteiger partial charge in [-0.3, -0.25) is 0 Å². The van der Waals surface area contributed by atoms with Crippen molar-refractivity contribution in [2.24, 2.45) is 0 Å². The third-order valence-corrected chi connectivity index (χ3v) is 4.33. The zero-order valence-corrected chi connectivity index (χ0v) is 12.1. The van der Waals surface area contributed by atoms with E-state index in [9.17, 15) is 0 Å². The standard InChI is InChI=1S/C15H15N3OS/c1-9(14-17-18-15(16)20-14)10-3-4-12-8-13(19-2)6-5-11(12)7-10/h3-9H,1-2H3,(H2,16,18). The molecule has 0 spiro atoms. The molecule has 0 aliphatic heterocycles. The highest BCUT2D eigenvalue weighted by atomic mass is 32.1. The number of benzene rings is 2. The van der Waals surface area contributed by atoms with E-state index in [0.717, 1.165) is 16.1 Å². The quantitative estimate of drug-likeness (QED) is 0.801. The van der Waals surface area contributed by atoms with E-state index >= 15 is 0 Å². The van der Waals surface area contributed by atoms with Crippen LogP contribution in [0.15, 0.2) is 36.4 Å². The lowest BCUT2D eigenvalue weighted by Gasteiger charge is -2.10. The van der Waals surface area contributed by atoms with Crippen LogP contribution in [0.3, 0.4) is 0 Å². The van der Waals surface area contributed by atoms with E-state index < -0.39 is 0 Å². The minimum atomic E-state index is 0.191. The second kappa shape index (κ2) is 5.09. The number of anilines is 1. The summed E-state index contributed by atoms with van der Waals surface area (Å²) in [5, 5.41) is 11.8. The molecule has 20 heavy (non-hydrogen) atoms. The topological polar surface area (TPSA) is 61.0 Å². The molecule has 1 aromatic heterocycles. The molecule has 0 saturated heterocycles. The molecule has 0 fully saturated rings. The molecular formula is C15H15N3OS. The van der Waals surface area contributed by atoms with Crippen LogP contribution >= 0.6 is 11.3 Å². The molecule has 0 bridgehead atoms. The maximum absolute atomic E-state index is 5.65. The molecule has 0 saturated carbocycles. The van der Waals surface area contributed by atoms with Crippen LogP contribution in [0, 0.1) is 0 Å². The first-order chi connectivity index (χ1) is 9.67. The van der Waals surface area contributed by atoms with Crippen molar-refractivity contribution in [3.05, 3.63) is 47.0 Å². The van der Waals surface area contributed by atoms with Gasteiger partial charge in [-0.15, -0.1) is 10.2 Å². The predicted octanol–water partition coefficient (Wildman–Crippen LogP) is 3.43. The minimum Gasteiger partial charge on any atom is -0.497 e. The van der Waals surface area contributed by atoms with Crippen LogP contribution in [-0.2, 0) is 0 Å². The van der Waals surface area contributed by atoms with E-state index in [2.05, 4.69) is 41.4 Å². The van der Waals surface area contributed by atoms with Gasteiger partial charge in [0.2, 0.25) is 5.13 Å². The lowest BCUT2D eigenvalue weighted by molar-refractivity contribution is 0.415. The molecule has 0 aliphatic rings. The highest BCUT2D eigenvalue weighted by molar-refractivity contribution is 7.15. The summed E-state index contributed by atoms with van der Waals surface area (Å²) in [7, 11) is 1.68. The van der Waals surface area contributed by atoms with Gasteiger partial charge in [-0.05, 0) is 28.5 Å². The SMILES string of the molecule is COc1ccc2cc(C(C)c3nnc(N)s3)ccc2c1. The predicted molar refractivity (Wildman–Crippen MR) is 82.3 cm³/mol. The maximum Gasteiger partial charge on any atom is 0.203 e. The second-order valence-corrected chi connectivity index (χ2v) is 5.71. The Bertz CT molecular complexity index is 754. The van der Waals surface area contributed by atoms with Crippen molar-refractivity contribution in [1.82, 2.24) is 10.2 Å². The van der Waals surface area contributed by atoms with Crippen molar-refractivity contribution in [3.8, 4) is 5.75 Å². The number of nitrogens with two attached hydrogens (primary N) is 1. The molecule has 2 N–H and O–H groups in total. The van der Waals surface area contributed by atoms with E-state index in [-0.39, 0.29) is 5.92 Å². The first kappa shape index (κ1) is 12.9. The Labute approximate surface area is 121 Å². The number of aromatic nitrogens is 2. The van der Waals surface area contributed by atoms with Gasteiger partial charge < -0.3 is 10.5 Å². The lowest BCUT2D eigenvalue weighted by Crippen LogP contribution is -1.95. The molecule has 1 heterocycles. The van der Waals surface area contributed by atoms with Crippen LogP contribution in [0.2, 0.25) is 0 Å². The van der Waals surface area contributed by atoms with Crippen LogP contribution in [0.5, 0.6) is 5.75 Å². The summed E-state index contributed by atoms with van der Waals surface area (Å²) in [6.07, 6.45) is 0. The Balaban J connectivity index is 2.00. The number of nitrogen functional groups attached to an aromatic ring is 1. The molecule has 0 amide bonds. The van der Waals surface area contributed by atoms with Gasteiger partial charge in [0, 0.05) is 5.92 Å². The average Bonchev–Trinajstić information content (AvgIpc) is 2.92.